The quantitative estimate of drug-likeness (QED) is 0.748. The van der Waals surface area contributed by atoms with Crippen LogP contribution in [0, 0.1) is 0 Å². The molecular weight excluding hydrogens is 360 g/mol. The summed E-state index contributed by atoms with van der Waals surface area (Å²) in [6.07, 6.45) is 1.32. The first kappa shape index (κ1) is 16.1. The Hall–Kier alpha value is -2.44. The van der Waals surface area contributed by atoms with Gasteiger partial charge >= 0.3 is 0 Å². The molecule has 5 nitrogen and oxygen atoms in total. The number of fused-ring (bicyclic) bond motifs is 2. The summed E-state index contributed by atoms with van der Waals surface area (Å²) in [5.74, 6) is 0.329. The minimum Gasteiger partial charge on any atom is -0.484 e. The molecule has 0 atom stereocenters. The molecule has 0 bridgehead atoms. The highest BCUT2D eigenvalue weighted by Gasteiger charge is 2.20. The van der Waals surface area contributed by atoms with Crippen molar-refractivity contribution < 1.29 is 14.3 Å². The van der Waals surface area contributed by atoms with Gasteiger partial charge in [0, 0.05) is 17.0 Å². The van der Waals surface area contributed by atoms with Crippen LogP contribution in [0.3, 0.4) is 0 Å². The lowest BCUT2D eigenvalue weighted by atomic mass is 10.1. The van der Waals surface area contributed by atoms with Crippen LogP contribution in [0.4, 0.5) is 5.13 Å². The number of ether oxygens (including phenoxy) is 1. The third kappa shape index (κ3) is 3.36. The van der Waals surface area contributed by atoms with Crippen LogP contribution < -0.4 is 10.1 Å². The third-order valence-corrected chi connectivity index (χ3v) is 5.14. The van der Waals surface area contributed by atoms with Gasteiger partial charge in [-0.3, -0.25) is 14.9 Å². The molecule has 0 fully saturated rings. The van der Waals surface area contributed by atoms with Crippen molar-refractivity contribution in [2.75, 3.05) is 11.9 Å². The van der Waals surface area contributed by atoms with Gasteiger partial charge in [-0.05, 0) is 42.3 Å². The Balaban J connectivity index is 1.40. The highest BCUT2D eigenvalue weighted by molar-refractivity contribution is 7.22. The zero-order valence-electron chi connectivity index (χ0n) is 13.0. The molecule has 25 heavy (non-hydrogen) atoms. The van der Waals surface area contributed by atoms with Gasteiger partial charge in [0.15, 0.2) is 17.5 Å². The highest BCUT2D eigenvalue weighted by atomic mass is 35.5. The van der Waals surface area contributed by atoms with Crippen molar-refractivity contribution in [3.8, 4) is 5.75 Å². The lowest BCUT2D eigenvalue weighted by Gasteiger charge is -2.07. The van der Waals surface area contributed by atoms with Gasteiger partial charge in [-0.25, -0.2) is 4.98 Å². The maximum atomic E-state index is 12.1. The molecule has 126 valence electrons. The van der Waals surface area contributed by atoms with Crippen LogP contribution in [0.2, 0.25) is 5.02 Å². The third-order valence-electron chi connectivity index (χ3n) is 3.97. The van der Waals surface area contributed by atoms with Crippen LogP contribution in [0.1, 0.15) is 22.3 Å². The molecule has 7 heteroatoms. The second kappa shape index (κ2) is 6.46. The van der Waals surface area contributed by atoms with E-state index < -0.39 is 0 Å². The first-order valence-electron chi connectivity index (χ1n) is 7.73. The second-order valence-corrected chi connectivity index (χ2v) is 7.18. The highest BCUT2D eigenvalue weighted by Crippen LogP contribution is 2.28. The molecule has 4 rings (SSSR count). The molecular formula is C18H13ClN2O3S. The van der Waals surface area contributed by atoms with E-state index in [9.17, 15) is 9.59 Å². The number of aryl methyl sites for hydroxylation is 1. The number of aromatic nitrogens is 1. The SMILES string of the molecule is O=C(COc1ccc2c(c1)C(=O)CC2)Nc1nc2ccc(Cl)cc2s1. The lowest BCUT2D eigenvalue weighted by Crippen LogP contribution is -2.20. The number of nitrogens with zero attached hydrogens (tertiary/aromatic N) is 1. The number of benzene rings is 2. The predicted octanol–water partition coefficient (Wildman–Crippen LogP) is 4.10. The van der Waals surface area contributed by atoms with E-state index in [0.717, 1.165) is 22.2 Å². The summed E-state index contributed by atoms with van der Waals surface area (Å²) in [7, 11) is 0. The molecule has 1 aliphatic carbocycles. The van der Waals surface area contributed by atoms with Crippen LogP contribution in [-0.4, -0.2) is 23.3 Å². The molecule has 1 N–H and O–H groups in total. The fraction of sp³-hybridized carbons (Fsp3) is 0.167. The Bertz CT molecular complexity index is 999. The van der Waals surface area contributed by atoms with Crippen molar-refractivity contribution in [1.82, 2.24) is 4.98 Å². The number of Topliss-reactive ketones (excluding diaryl/α,β-unsaturated/α-hetero) is 1. The molecule has 1 amide bonds. The molecule has 3 aromatic rings. The van der Waals surface area contributed by atoms with E-state index in [1.165, 1.54) is 11.3 Å². The van der Waals surface area contributed by atoms with E-state index in [4.69, 9.17) is 16.3 Å². The number of amides is 1. The average Bonchev–Trinajstić information content (AvgIpc) is 3.15. The van der Waals surface area contributed by atoms with Gasteiger partial charge in [0.2, 0.25) is 0 Å². The van der Waals surface area contributed by atoms with Crippen molar-refractivity contribution >= 4 is 50.0 Å². The van der Waals surface area contributed by atoms with Gasteiger partial charge in [0.25, 0.3) is 5.91 Å². The number of nitrogens with one attached hydrogen (secondary N) is 1. The monoisotopic (exact) mass is 372 g/mol. The molecule has 0 saturated heterocycles. The lowest BCUT2D eigenvalue weighted by molar-refractivity contribution is -0.118. The summed E-state index contributed by atoms with van der Waals surface area (Å²) in [6, 6.07) is 10.7. The zero-order valence-corrected chi connectivity index (χ0v) is 14.6. The molecule has 1 aromatic heterocycles. The smallest absolute Gasteiger partial charge is 0.264 e. The molecule has 1 aliphatic rings. The number of hydrogen-bond donors (Lipinski definition) is 1. The number of rotatable bonds is 4. The fourth-order valence-corrected chi connectivity index (χ4v) is 3.92. The van der Waals surface area contributed by atoms with Gasteiger partial charge in [-0.15, -0.1) is 0 Å². The minimum atomic E-state index is -0.308. The summed E-state index contributed by atoms with van der Waals surface area (Å²) in [5, 5.41) is 3.84. The van der Waals surface area contributed by atoms with E-state index >= 15 is 0 Å². The number of carbonyl (C=O) groups excluding carboxylic acids is 2. The van der Waals surface area contributed by atoms with Crippen molar-refractivity contribution in [2.24, 2.45) is 0 Å². The summed E-state index contributed by atoms with van der Waals surface area (Å²) < 4.78 is 6.40. The van der Waals surface area contributed by atoms with Gasteiger partial charge in [0.1, 0.15) is 5.75 Å². The molecule has 0 saturated carbocycles. The van der Waals surface area contributed by atoms with E-state index in [2.05, 4.69) is 10.3 Å². The first-order chi connectivity index (χ1) is 12.1. The Morgan fingerprint density at radius 1 is 1.24 bits per heavy atom. The number of halogens is 1. The first-order valence-corrected chi connectivity index (χ1v) is 8.93. The maximum Gasteiger partial charge on any atom is 0.264 e. The Morgan fingerprint density at radius 2 is 2.12 bits per heavy atom. The normalized spacial score (nSPS) is 13.1. The number of ketones is 1. The van der Waals surface area contributed by atoms with E-state index in [-0.39, 0.29) is 18.3 Å². The zero-order chi connectivity index (χ0) is 17.4. The van der Waals surface area contributed by atoms with Crippen molar-refractivity contribution in [3.63, 3.8) is 0 Å². The minimum absolute atomic E-state index is 0.123. The van der Waals surface area contributed by atoms with E-state index in [1.807, 2.05) is 18.2 Å². The summed E-state index contributed by atoms with van der Waals surface area (Å²) >= 11 is 7.30. The molecule has 0 aliphatic heterocycles. The molecule has 1 heterocycles. The molecule has 0 spiro atoms. The second-order valence-electron chi connectivity index (χ2n) is 5.71. The van der Waals surface area contributed by atoms with Gasteiger partial charge in [0.05, 0.1) is 10.2 Å². The number of carbonyl (C=O) groups is 2. The van der Waals surface area contributed by atoms with Gasteiger partial charge in [-0.1, -0.05) is 29.0 Å². The number of anilines is 1. The standard InChI is InChI=1S/C18H13ClN2O3S/c19-11-3-5-14-16(7-11)25-18(20-14)21-17(23)9-24-12-4-1-10-2-6-15(22)13(10)8-12/h1,3-5,7-8H,2,6,9H2,(H,20,21,23). The van der Waals surface area contributed by atoms with Crippen LogP contribution in [0.15, 0.2) is 36.4 Å². The molecule has 2 aromatic carbocycles. The maximum absolute atomic E-state index is 12.1. The molecule has 0 unspecified atom stereocenters. The van der Waals surface area contributed by atoms with Crippen LogP contribution in [-0.2, 0) is 11.2 Å². The Labute approximate surface area is 152 Å². The average molecular weight is 373 g/mol. The van der Waals surface area contributed by atoms with E-state index in [0.29, 0.717) is 27.9 Å². The predicted molar refractivity (Wildman–Crippen MR) is 97.8 cm³/mol. The fourth-order valence-electron chi connectivity index (χ4n) is 2.76. The van der Waals surface area contributed by atoms with Crippen LogP contribution >= 0.6 is 22.9 Å². The van der Waals surface area contributed by atoms with Crippen LogP contribution in [0.5, 0.6) is 5.75 Å². The van der Waals surface area contributed by atoms with Gasteiger partial charge < -0.3 is 4.74 Å². The van der Waals surface area contributed by atoms with Crippen molar-refractivity contribution in [1.29, 1.82) is 0 Å². The van der Waals surface area contributed by atoms with Crippen molar-refractivity contribution in [3.05, 3.63) is 52.5 Å². The number of thiazole rings is 1. The largest absolute Gasteiger partial charge is 0.484 e. The van der Waals surface area contributed by atoms with E-state index in [1.54, 1.807) is 18.2 Å². The summed E-state index contributed by atoms with van der Waals surface area (Å²) in [5.41, 5.74) is 2.51. The summed E-state index contributed by atoms with van der Waals surface area (Å²) in [4.78, 5) is 28.2. The van der Waals surface area contributed by atoms with Crippen molar-refractivity contribution in [2.45, 2.75) is 12.8 Å². The summed E-state index contributed by atoms with van der Waals surface area (Å²) in [6.45, 7) is -0.149. The topological polar surface area (TPSA) is 68.3 Å². The van der Waals surface area contributed by atoms with Gasteiger partial charge in [-0.2, -0.15) is 0 Å². The Morgan fingerprint density at radius 3 is 3.00 bits per heavy atom. The van der Waals surface area contributed by atoms with Crippen LogP contribution in [0.25, 0.3) is 10.2 Å². The Kier molecular flexibility index (Phi) is 4.15. The molecule has 0 radical (unpaired) electrons. The number of hydrogen-bond acceptors (Lipinski definition) is 5.